The van der Waals surface area contributed by atoms with Gasteiger partial charge in [-0.15, -0.1) is 0 Å². The van der Waals surface area contributed by atoms with Crippen LogP contribution in [0.1, 0.15) is 11.1 Å². The lowest BCUT2D eigenvalue weighted by atomic mass is 10.1. The average Bonchev–Trinajstić information content (AvgIpc) is 2.87. The third kappa shape index (κ3) is 4.11. The van der Waals surface area contributed by atoms with Crippen LogP contribution in [0.4, 0.5) is 4.79 Å². The van der Waals surface area contributed by atoms with Crippen molar-refractivity contribution in [2.24, 2.45) is 0 Å². The molecule has 24 heavy (non-hydrogen) atoms. The Bertz CT molecular complexity index is 813. The molecule has 1 aliphatic heterocycles. The molecule has 2 amide bonds. The van der Waals surface area contributed by atoms with Gasteiger partial charge in [0.15, 0.2) is 0 Å². The first-order valence-electron chi connectivity index (χ1n) is 7.20. The van der Waals surface area contributed by atoms with E-state index in [1.54, 1.807) is 30.3 Å². The molecule has 0 saturated carbocycles. The van der Waals surface area contributed by atoms with Gasteiger partial charge in [0, 0.05) is 0 Å². The van der Waals surface area contributed by atoms with E-state index in [1.165, 1.54) is 0 Å². The topological polar surface area (TPSA) is 72.5 Å². The Balaban J connectivity index is 1.62. The van der Waals surface area contributed by atoms with E-state index in [4.69, 9.17) is 4.74 Å². The normalized spacial score (nSPS) is 15.4. The number of hydrogen-bond donors (Lipinski definition) is 1. The van der Waals surface area contributed by atoms with Gasteiger partial charge in [0.05, 0.1) is 11.3 Å². The Kier molecular flexibility index (Phi) is 4.77. The van der Waals surface area contributed by atoms with Gasteiger partial charge in [-0.05, 0) is 41.1 Å². The number of esters is 1. The van der Waals surface area contributed by atoms with Crippen molar-refractivity contribution in [2.45, 2.75) is 6.42 Å². The van der Waals surface area contributed by atoms with Gasteiger partial charge in [0.25, 0.3) is 11.1 Å². The Morgan fingerprint density at radius 2 is 1.75 bits per heavy atom. The predicted molar refractivity (Wildman–Crippen MR) is 91.3 cm³/mol. The van der Waals surface area contributed by atoms with Gasteiger partial charge < -0.3 is 4.74 Å². The molecule has 0 radical (unpaired) electrons. The SMILES string of the molecule is O=C(Cc1ccccc1)Oc1ccc(/C=C2\SC(=O)NC2=O)cc1. The second-order valence-electron chi connectivity index (χ2n) is 5.06. The lowest BCUT2D eigenvalue weighted by Crippen LogP contribution is -2.17. The molecule has 1 N–H and O–H groups in total. The second-order valence-corrected chi connectivity index (χ2v) is 6.07. The molecule has 0 aliphatic carbocycles. The van der Waals surface area contributed by atoms with Crippen LogP contribution in [0.2, 0.25) is 0 Å². The molecule has 0 bridgehead atoms. The first-order chi connectivity index (χ1) is 11.6. The van der Waals surface area contributed by atoms with Crippen LogP contribution >= 0.6 is 11.8 Å². The average molecular weight is 339 g/mol. The molecule has 6 heteroatoms. The van der Waals surface area contributed by atoms with E-state index in [1.807, 2.05) is 30.3 Å². The van der Waals surface area contributed by atoms with Gasteiger partial charge in [-0.1, -0.05) is 42.5 Å². The molecule has 1 fully saturated rings. The van der Waals surface area contributed by atoms with Crippen LogP contribution in [0.25, 0.3) is 6.08 Å². The number of amides is 2. The number of rotatable bonds is 4. The Hall–Kier alpha value is -2.86. The Morgan fingerprint density at radius 3 is 2.38 bits per heavy atom. The zero-order valence-electron chi connectivity index (χ0n) is 12.5. The summed E-state index contributed by atoms with van der Waals surface area (Å²) in [5.74, 6) is -0.315. The summed E-state index contributed by atoms with van der Waals surface area (Å²) in [5, 5.41) is 1.82. The van der Waals surface area contributed by atoms with E-state index < -0.39 is 5.91 Å². The third-order valence-electron chi connectivity index (χ3n) is 3.24. The van der Waals surface area contributed by atoms with E-state index in [-0.39, 0.29) is 17.6 Å². The molecule has 1 saturated heterocycles. The van der Waals surface area contributed by atoms with Gasteiger partial charge in [-0.3, -0.25) is 19.7 Å². The highest BCUT2D eigenvalue weighted by Crippen LogP contribution is 2.26. The molecular weight excluding hydrogens is 326 g/mol. The van der Waals surface area contributed by atoms with E-state index >= 15 is 0 Å². The fourth-order valence-electron chi connectivity index (χ4n) is 2.13. The van der Waals surface area contributed by atoms with Gasteiger partial charge in [0.2, 0.25) is 0 Å². The van der Waals surface area contributed by atoms with Crippen molar-refractivity contribution in [1.29, 1.82) is 0 Å². The Labute approximate surface area is 142 Å². The maximum Gasteiger partial charge on any atom is 0.315 e. The van der Waals surface area contributed by atoms with Crippen LogP contribution in [0.3, 0.4) is 0 Å². The van der Waals surface area contributed by atoms with E-state index in [9.17, 15) is 14.4 Å². The quantitative estimate of drug-likeness (QED) is 0.526. The second kappa shape index (κ2) is 7.14. The molecule has 0 spiro atoms. The van der Waals surface area contributed by atoms with Crippen LogP contribution in [-0.2, 0) is 16.0 Å². The molecule has 2 aromatic carbocycles. The van der Waals surface area contributed by atoms with Crippen LogP contribution < -0.4 is 10.1 Å². The number of carbonyl (C=O) groups is 3. The smallest absolute Gasteiger partial charge is 0.315 e. The summed E-state index contributed by atoms with van der Waals surface area (Å²) in [6.45, 7) is 0. The van der Waals surface area contributed by atoms with Gasteiger partial charge >= 0.3 is 5.97 Å². The van der Waals surface area contributed by atoms with E-state index in [0.29, 0.717) is 10.7 Å². The molecule has 0 aromatic heterocycles. The maximum absolute atomic E-state index is 11.9. The maximum atomic E-state index is 11.9. The minimum atomic E-state index is -0.400. The Morgan fingerprint density at radius 1 is 1.04 bits per heavy atom. The zero-order chi connectivity index (χ0) is 16.9. The molecule has 0 unspecified atom stereocenters. The summed E-state index contributed by atoms with van der Waals surface area (Å²) >= 11 is 0.861. The fraction of sp³-hybridized carbons (Fsp3) is 0.0556. The summed E-state index contributed by atoms with van der Waals surface area (Å²) in [6.07, 6.45) is 1.81. The largest absolute Gasteiger partial charge is 0.426 e. The summed E-state index contributed by atoms with van der Waals surface area (Å²) in [7, 11) is 0. The highest BCUT2D eigenvalue weighted by molar-refractivity contribution is 8.18. The molecule has 0 atom stereocenters. The highest BCUT2D eigenvalue weighted by Gasteiger charge is 2.24. The number of imide groups is 1. The highest BCUT2D eigenvalue weighted by atomic mass is 32.2. The molecule has 1 heterocycles. The van der Waals surface area contributed by atoms with Crippen molar-refractivity contribution in [3.05, 3.63) is 70.6 Å². The molecule has 5 nitrogen and oxygen atoms in total. The summed E-state index contributed by atoms with van der Waals surface area (Å²) in [4.78, 5) is 34.8. The lowest BCUT2D eigenvalue weighted by Gasteiger charge is -2.05. The summed E-state index contributed by atoms with van der Waals surface area (Å²) in [5.41, 5.74) is 1.63. The van der Waals surface area contributed by atoms with Crippen molar-refractivity contribution in [2.75, 3.05) is 0 Å². The van der Waals surface area contributed by atoms with Crippen LogP contribution in [0.5, 0.6) is 5.75 Å². The van der Waals surface area contributed by atoms with Crippen molar-refractivity contribution in [3.63, 3.8) is 0 Å². The molecular formula is C18H13NO4S. The molecule has 1 aliphatic rings. The van der Waals surface area contributed by atoms with Crippen molar-refractivity contribution in [3.8, 4) is 5.75 Å². The zero-order valence-corrected chi connectivity index (χ0v) is 13.3. The number of nitrogens with one attached hydrogen (secondary N) is 1. The first-order valence-corrected chi connectivity index (χ1v) is 8.01. The van der Waals surface area contributed by atoms with Crippen molar-refractivity contribution < 1.29 is 19.1 Å². The van der Waals surface area contributed by atoms with Gasteiger partial charge in [-0.2, -0.15) is 0 Å². The van der Waals surface area contributed by atoms with Crippen molar-refractivity contribution in [1.82, 2.24) is 5.32 Å². The first kappa shape index (κ1) is 16.0. The number of benzene rings is 2. The fourth-order valence-corrected chi connectivity index (χ4v) is 2.82. The van der Waals surface area contributed by atoms with Crippen LogP contribution in [0, 0.1) is 0 Å². The number of ether oxygens (including phenoxy) is 1. The standard InChI is InChI=1S/C18H13NO4S/c20-16(11-12-4-2-1-3-5-12)23-14-8-6-13(7-9-14)10-15-17(21)19-18(22)24-15/h1-10H,11H2,(H,19,21,22)/b15-10-. The third-order valence-corrected chi connectivity index (χ3v) is 4.05. The number of hydrogen-bond acceptors (Lipinski definition) is 5. The minimum absolute atomic E-state index is 0.200. The van der Waals surface area contributed by atoms with Gasteiger partial charge in [0.1, 0.15) is 5.75 Å². The monoisotopic (exact) mass is 339 g/mol. The summed E-state index contributed by atoms with van der Waals surface area (Å²) in [6, 6.07) is 16.1. The van der Waals surface area contributed by atoms with E-state index in [0.717, 1.165) is 22.9 Å². The van der Waals surface area contributed by atoms with E-state index in [2.05, 4.69) is 5.32 Å². The van der Waals surface area contributed by atoms with Crippen LogP contribution in [-0.4, -0.2) is 17.1 Å². The molecule has 2 aromatic rings. The lowest BCUT2D eigenvalue weighted by molar-refractivity contribution is -0.133. The van der Waals surface area contributed by atoms with Crippen molar-refractivity contribution >= 4 is 35.0 Å². The number of thioether (sulfide) groups is 1. The molecule has 120 valence electrons. The van der Waals surface area contributed by atoms with Crippen LogP contribution in [0.15, 0.2) is 59.5 Å². The molecule has 3 rings (SSSR count). The predicted octanol–water partition coefficient (Wildman–Crippen LogP) is 3.16. The summed E-state index contributed by atoms with van der Waals surface area (Å²) < 4.78 is 5.28. The van der Waals surface area contributed by atoms with Gasteiger partial charge in [-0.25, -0.2) is 0 Å². The minimum Gasteiger partial charge on any atom is -0.426 e. The number of carbonyl (C=O) groups excluding carboxylic acids is 3.